The highest BCUT2D eigenvalue weighted by molar-refractivity contribution is 6.15. The molecule has 0 saturated heterocycles. The molecule has 0 fully saturated rings. The number of nitrogen functional groups attached to an aromatic ring is 1. The quantitative estimate of drug-likeness (QED) is 0.183. The monoisotopic (exact) mass is 508 g/mol. The first kappa shape index (κ1) is 26.3. The van der Waals surface area contributed by atoms with Gasteiger partial charge in [-0.3, -0.25) is 15.2 Å². The maximum atomic E-state index is 12.2. The highest BCUT2D eigenvalue weighted by Crippen LogP contribution is 2.27. The van der Waals surface area contributed by atoms with Gasteiger partial charge in [0.25, 0.3) is 0 Å². The van der Waals surface area contributed by atoms with Crippen LogP contribution in [0.5, 0.6) is 0 Å². The number of carbonyl (C=O) groups is 1. The predicted octanol–water partition coefficient (Wildman–Crippen LogP) is 5.16. The van der Waals surface area contributed by atoms with Gasteiger partial charge in [-0.05, 0) is 56.8 Å². The summed E-state index contributed by atoms with van der Waals surface area (Å²) in [4.78, 5) is 28.1. The van der Waals surface area contributed by atoms with Gasteiger partial charge in [0.1, 0.15) is 5.82 Å². The topological polar surface area (TPSA) is 138 Å². The summed E-state index contributed by atoms with van der Waals surface area (Å²) < 4.78 is 1.96. The van der Waals surface area contributed by atoms with Gasteiger partial charge in [-0.25, -0.2) is 9.97 Å². The van der Waals surface area contributed by atoms with E-state index in [4.69, 9.17) is 11.1 Å². The second-order valence-electron chi connectivity index (χ2n) is 9.62. The summed E-state index contributed by atoms with van der Waals surface area (Å²) in [5.41, 5.74) is 12.3. The Morgan fingerprint density at radius 1 is 1.32 bits per heavy atom. The van der Waals surface area contributed by atoms with Crippen molar-refractivity contribution in [2.24, 2.45) is 10.9 Å². The molecule has 0 saturated carbocycles. The second-order valence-corrected chi connectivity index (χ2v) is 9.62. The number of allylic oxidation sites excluding steroid dienone is 3. The van der Waals surface area contributed by atoms with E-state index in [0.29, 0.717) is 34.5 Å². The van der Waals surface area contributed by atoms with E-state index in [0.717, 1.165) is 22.3 Å². The molecule has 0 spiro atoms. The Morgan fingerprint density at radius 2 is 2.11 bits per heavy atom. The number of amides is 1. The van der Waals surface area contributed by atoms with E-state index in [9.17, 15) is 4.79 Å². The van der Waals surface area contributed by atoms with Crippen LogP contribution in [0.3, 0.4) is 0 Å². The largest absolute Gasteiger partial charge is 0.383 e. The number of hydrogen-bond acceptors (Lipinski definition) is 6. The SMILES string of the molecule is C=N/C=C(\C=C(/C)NC(=O)CC(C)C)c1cnc(N)c(C(=N)c2cc3c(-n4cnc(C)c4)cccc3[nH]2)c1. The van der Waals surface area contributed by atoms with Crippen LogP contribution in [0.1, 0.15) is 49.7 Å². The molecule has 4 rings (SSSR count). The highest BCUT2D eigenvalue weighted by atomic mass is 16.1. The number of nitrogens with two attached hydrogens (primary N) is 1. The zero-order valence-corrected chi connectivity index (χ0v) is 22.0. The van der Waals surface area contributed by atoms with Gasteiger partial charge >= 0.3 is 0 Å². The molecular formula is C29H32N8O. The van der Waals surface area contributed by atoms with Gasteiger partial charge in [0.05, 0.1) is 29.1 Å². The van der Waals surface area contributed by atoms with Gasteiger partial charge < -0.3 is 20.6 Å². The number of nitrogens with zero attached hydrogens (tertiary/aromatic N) is 4. The summed E-state index contributed by atoms with van der Waals surface area (Å²) in [6.07, 6.45) is 9.17. The van der Waals surface area contributed by atoms with Crippen LogP contribution in [0.4, 0.5) is 5.82 Å². The molecule has 3 aromatic heterocycles. The molecule has 9 heteroatoms. The number of aliphatic imine (C=N–C) groups is 1. The van der Waals surface area contributed by atoms with Crippen LogP contribution in [0.2, 0.25) is 0 Å². The van der Waals surface area contributed by atoms with Gasteiger partial charge in [-0.2, -0.15) is 0 Å². The number of carbonyl (C=O) groups excluding carboxylic acids is 1. The third kappa shape index (κ3) is 5.78. The van der Waals surface area contributed by atoms with Crippen molar-refractivity contribution in [3.63, 3.8) is 0 Å². The van der Waals surface area contributed by atoms with E-state index >= 15 is 0 Å². The number of fused-ring (bicyclic) bond motifs is 1. The predicted molar refractivity (Wildman–Crippen MR) is 154 cm³/mol. The first-order valence-corrected chi connectivity index (χ1v) is 12.3. The van der Waals surface area contributed by atoms with Crippen molar-refractivity contribution in [2.45, 2.75) is 34.1 Å². The molecule has 1 amide bonds. The molecule has 4 aromatic rings. The number of aromatic nitrogens is 4. The van der Waals surface area contributed by atoms with Gasteiger partial charge in [-0.15, -0.1) is 0 Å². The molecule has 0 aliphatic carbocycles. The molecule has 194 valence electrons. The van der Waals surface area contributed by atoms with E-state index in [1.165, 1.54) is 0 Å². The molecule has 3 heterocycles. The van der Waals surface area contributed by atoms with Crippen LogP contribution in [0.15, 0.2) is 72.0 Å². The maximum absolute atomic E-state index is 12.2. The van der Waals surface area contributed by atoms with Crippen LogP contribution >= 0.6 is 0 Å². The van der Waals surface area contributed by atoms with Gasteiger partial charge in [0.2, 0.25) is 5.91 Å². The lowest BCUT2D eigenvalue weighted by atomic mass is 10.0. The van der Waals surface area contributed by atoms with Crippen LogP contribution < -0.4 is 11.1 Å². The average molecular weight is 509 g/mol. The molecule has 0 bridgehead atoms. The molecule has 0 radical (unpaired) electrons. The van der Waals surface area contributed by atoms with E-state index in [2.05, 4.69) is 32.0 Å². The highest BCUT2D eigenvalue weighted by Gasteiger charge is 2.16. The third-order valence-corrected chi connectivity index (χ3v) is 5.95. The minimum absolute atomic E-state index is 0.0541. The number of pyridine rings is 1. The van der Waals surface area contributed by atoms with Gasteiger partial charge in [0.15, 0.2) is 0 Å². The first-order valence-electron chi connectivity index (χ1n) is 12.3. The summed E-state index contributed by atoms with van der Waals surface area (Å²) in [6.45, 7) is 11.3. The summed E-state index contributed by atoms with van der Waals surface area (Å²) in [5, 5.41) is 12.8. The normalized spacial score (nSPS) is 12.2. The number of rotatable bonds is 9. The van der Waals surface area contributed by atoms with Crippen LogP contribution in [-0.2, 0) is 4.79 Å². The maximum Gasteiger partial charge on any atom is 0.224 e. The summed E-state index contributed by atoms with van der Waals surface area (Å²) in [7, 11) is 0. The first-order chi connectivity index (χ1) is 18.2. The van der Waals surface area contributed by atoms with Crippen LogP contribution in [0.25, 0.3) is 22.2 Å². The van der Waals surface area contributed by atoms with Crippen molar-refractivity contribution in [3.8, 4) is 5.69 Å². The zero-order chi connectivity index (χ0) is 27.4. The Labute approximate surface area is 221 Å². The minimum atomic E-state index is -0.0541. The fourth-order valence-electron chi connectivity index (χ4n) is 4.24. The lowest BCUT2D eigenvalue weighted by Gasteiger charge is -2.11. The van der Waals surface area contributed by atoms with Crippen LogP contribution in [0, 0.1) is 18.3 Å². The van der Waals surface area contributed by atoms with E-state index in [1.807, 2.05) is 62.7 Å². The number of benzene rings is 1. The lowest BCUT2D eigenvalue weighted by Crippen LogP contribution is -2.22. The summed E-state index contributed by atoms with van der Waals surface area (Å²) >= 11 is 0. The van der Waals surface area contributed by atoms with Crippen molar-refractivity contribution in [2.75, 3.05) is 5.73 Å². The fourth-order valence-corrected chi connectivity index (χ4v) is 4.24. The van der Waals surface area contributed by atoms with Crippen molar-refractivity contribution < 1.29 is 4.79 Å². The Bertz CT molecular complexity index is 1590. The lowest BCUT2D eigenvalue weighted by molar-refractivity contribution is -0.121. The minimum Gasteiger partial charge on any atom is -0.383 e. The Kier molecular flexibility index (Phi) is 7.66. The summed E-state index contributed by atoms with van der Waals surface area (Å²) in [6, 6.07) is 9.67. The molecule has 1 aromatic carbocycles. The Hall–Kier alpha value is -4.79. The number of nitrogens with one attached hydrogen (secondary N) is 3. The second kappa shape index (κ2) is 11.1. The van der Waals surface area contributed by atoms with Gasteiger partial charge in [-0.1, -0.05) is 19.9 Å². The number of imidazole rings is 1. The molecule has 0 unspecified atom stereocenters. The van der Waals surface area contributed by atoms with Crippen molar-refractivity contribution in [1.82, 2.24) is 24.8 Å². The summed E-state index contributed by atoms with van der Waals surface area (Å²) in [5.74, 6) is 0.439. The Balaban J connectivity index is 1.68. The van der Waals surface area contributed by atoms with Crippen LogP contribution in [-0.4, -0.2) is 37.9 Å². The molecule has 0 aliphatic rings. The standard InChI is InChI=1S/C29H32N8O/c1-17(2)9-27(38)35-18(3)10-20(13-32-5)21-11-23(29(31)33-14-21)28(30)25-12-22-24(36-25)7-6-8-26(22)37-15-19(4)34-16-37/h6-8,10-17,30,36H,5,9H2,1-4H3,(H2,31,33)(H,35,38)/b18-10+,20-13+,30-28?. The number of aryl methyl sites for hydroxylation is 1. The molecule has 0 aliphatic heterocycles. The van der Waals surface area contributed by atoms with Crippen molar-refractivity contribution >= 4 is 40.6 Å². The number of H-pyrrole nitrogens is 1. The van der Waals surface area contributed by atoms with E-state index < -0.39 is 0 Å². The number of anilines is 1. The molecule has 0 atom stereocenters. The number of hydrogen-bond donors (Lipinski definition) is 4. The van der Waals surface area contributed by atoms with E-state index in [-0.39, 0.29) is 23.4 Å². The molecule has 38 heavy (non-hydrogen) atoms. The zero-order valence-electron chi connectivity index (χ0n) is 22.0. The van der Waals surface area contributed by atoms with E-state index in [1.54, 1.807) is 30.9 Å². The Morgan fingerprint density at radius 3 is 2.79 bits per heavy atom. The van der Waals surface area contributed by atoms with Crippen molar-refractivity contribution in [1.29, 1.82) is 5.41 Å². The van der Waals surface area contributed by atoms with Crippen molar-refractivity contribution in [3.05, 3.63) is 89.5 Å². The smallest absolute Gasteiger partial charge is 0.224 e. The average Bonchev–Trinajstić information content (AvgIpc) is 3.49. The fraction of sp³-hybridized carbons (Fsp3) is 0.207. The molecule has 5 N–H and O–H groups in total. The molecular weight excluding hydrogens is 476 g/mol. The molecule has 9 nitrogen and oxygen atoms in total. The van der Waals surface area contributed by atoms with Gasteiger partial charge in [0, 0.05) is 58.3 Å². The third-order valence-electron chi connectivity index (χ3n) is 5.95. The number of aromatic amines is 1.